The molecule has 0 saturated carbocycles. The molecule has 0 atom stereocenters. The fourth-order valence-corrected chi connectivity index (χ4v) is 3.00. The number of pyridine rings is 1. The van der Waals surface area contributed by atoms with Crippen LogP contribution < -0.4 is 5.32 Å². The van der Waals surface area contributed by atoms with E-state index in [9.17, 15) is 0 Å². The minimum atomic E-state index is 0.161. The zero-order chi connectivity index (χ0) is 20.6. The van der Waals surface area contributed by atoms with E-state index in [1.54, 1.807) is 10.9 Å². The van der Waals surface area contributed by atoms with Crippen molar-refractivity contribution in [2.75, 3.05) is 11.9 Å². The van der Waals surface area contributed by atoms with Crippen LogP contribution in [0.3, 0.4) is 0 Å². The molecule has 0 radical (unpaired) electrons. The molecule has 6 heteroatoms. The average Bonchev–Trinajstić information content (AvgIpc) is 3.27. The lowest BCUT2D eigenvalue weighted by atomic mass is 10.1. The van der Waals surface area contributed by atoms with Crippen LogP contribution in [0.25, 0.3) is 17.8 Å². The molecule has 4 aromatic rings. The van der Waals surface area contributed by atoms with E-state index in [2.05, 4.69) is 44.9 Å². The number of anilines is 2. The lowest BCUT2D eigenvalue weighted by Crippen LogP contribution is -1.96. The van der Waals surface area contributed by atoms with E-state index in [1.165, 1.54) is 0 Å². The van der Waals surface area contributed by atoms with Gasteiger partial charge in [0.15, 0.2) is 0 Å². The van der Waals surface area contributed by atoms with Gasteiger partial charge in [0.2, 0.25) is 0 Å². The lowest BCUT2D eigenvalue weighted by Gasteiger charge is -2.08. The molecule has 2 aromatic heterocycles. The van der Waals surface area contributed by atoms with Crippen molar-refractivity contribution in [1.82, 2.24) is 20.0 Å². The Morgan fingerprint density at radius 3 is 2.37 bits per heavy atom. The molecule has 2 aromatic carbocycles. The van der Waals surface area contributed by atoms with E-state index in [1.807, 2.05) is 60.8 Å². The normalized spacial score (nSPS) is 11.1. The smallest absolute Gasteiger partial charge is 0.0832 e. The van der Waals surface area contributed by atoms with Crippen molar-refractivity contribution in [3.8, 4) is 5.69 Å². The van der Waals surface area contributed by atoms with Crippen LogP contribution in [0.1, 0.15) is 23.4 Å². The summed E-state index contributed by atoms with van der Waals surface area (Å²) in [6, 6.07) is 22.1. The molecule has 0 aliphatic carbocycles. The highest BCUT2D eigenvalue weighted by atomic mass is 16.2. The van der Waals surface area contributed by atoms with Gasteiger partial charge >= 0.3 is 0 Å². The van der Waals surface area contributed by atoms with Gasteiger partial charge in [-0.2, -0.15) is 0 Å². The predicted molar refractivity (Wildman–Crippen MR) is 120 cm³/mol. The third-order valence-electron chi connectivity index (χ3n) is 4.60. The Balaban J connectivity index is 1.37. The number of benzene rings is 2. The van der Waals surface area contributed by atoms with Crippen LogP contribution in [0, 0.1) is 0 Å². The Morgan fingerprint density at radius 2 is 1.67 bits per heavy atom. The number of nitrogens with zero attached hydrogens (tertiary/aromatic N) is 4. The van der Waals surface area contributed by atoms with Crippen molar-refractivity contribution < 1.29 is 5.11 Å². The zero-order valence-electron chi connectivity index (χ0n) is 16.5. The summed E-state index contributed by atoms with van der Waals surface area (Å²) in [4.78, 5) is 4.29. The van der Waals surface area contributed by atoms with Crippen LogP contribution in [-0.2, 0) is 6.42 Å². The summed E-state index contributed by atoms with van der Waals surface area (Å²) in [6.07, 6.45) is 9.16. The first-order chi connectivity index (χ1) is 14.8. The monoisotopic (exact) mass is 397 g/mol. The van der Waals surface area contributed by atoms with E-state index < -0.39 is 0 Å². The van der Waals surface area contributed by atoms with E-state index in [0.717, 1.165) is 40.4 Å². The Kier molecular flexibility index (Phi) is 6.27. The van der Waals surface area contributed by atoms with Crippen LogP contribution in [0.2, 0.25) is 0 Å². The minimum Gasteiger partial charge on any atom is -0.396 e. The average molecular weight is 397 g/mol. The van der Waals surface area contributed by atoms with Gasteiger partial charge in [-0.05, 0) is 73.0 Å². The maximum atomic E-state index is 8.92. The topological polar surface area (TPSA) is 75.9 Å². The summed E-state index contributed by atoms with van der Waals surface area (Å²) in [5.41, 5.74) is 5.89. The molecule has 0 fully saturated rings. The first kappa shape index (κ1) is 19.5. The molecule has 0 bridgehead atoms. The highest BCUT2D eigenvalue weighted by Gasteiger charge is 2.03. The molecule has 2 N–H and O–H groups in total. The highest BCUT2D eigenvalue weighted by Crippen LogP contribution is 2.20. The number of rotatable bonds is 8. The molecule has 0 aliphatic heterocycles. The van der Waals surface area contributed by atoms with Crippen molar-refractivity contribution in [2.45, 2.75) is 12.8 Å². The van der Waals surface area contributed by atoms with Gasteiger partial charge in [-0.25, -0.2) is 4.68 Å². The largest absolute Gasteiger partial charge is 0.396 e. The lowest BCUT2D eigenvalue weighted by molar-refractivity contribution is 0.288. The highest BCUT2D eigenvalue weighted by molar-refractivity contribution is 5.70. The molecule has 150 valence electrons. The van der Waals surface area contributed by atoms with E-state index >= 15 is 0 Å². The maximum absolute atomic E-state index is 8.92. The fourth-order valence-electron chi connectivity index (χ4n) is 3.00. The summed E-state index contributed by atoms with van der Waals surface area (Å²) in [5.74, 6) is 0. The summed E-state index contributed by atoms with van der Waals surface area (Å²) in [5, 5.41) is 20.6. The summed E-state index contributed by atoms with van der Waals surface area (Å²) in [6.45, 7) is 0.161. The fraction of sp³-hybridized carbons (Fsp3) is 0.125. The maximum Gasteiger partial charge on any atom is 0.0832 e. The minimum absolute atomic E-state index is 0.161. The number of aryl methyl sites for hydroxylation is 1. The van der Waals surface area contributed by atoms with Crippen LogP contribution >= 0.6 is 0 Å². The third kappa shape index (κ3) is 5.18. The Morgan fingerprint density at radius 1 is 0.900 bits per heavy atom. The molecule has 0 saturated heterocycles. The first-order valence-corrected chi connectivity index (χ1v) is 9.89. The molecule has 6 nitrogen and oxygen atoms in total. The molecule has 0 aliphatic rings. The van der Waals surface area contributed by atoms with Gasteiger partial charge in [0.1, 0.15) is 0 Å². The Hall–Kier alpha value is -3.77. The number of hydrogen-bond donors (Lipinski definition) is 2. The van der Waals surface area contributed by atoms with E-state index in [4.69, 9.17) is 5.11 Å². The zero-order valence-corrected chi connectivity index (χ0v) is 16.5. The number of nitrogens with one attached hydrogen (secondary N) is 1. The van der Waals surface area contributed by atoms with Gasteiger partial charge in [-0.1, -0.05) is 29.5 Å². The first-order valence-electron chi connectivity index (χ1n) is 9.89. The Bertz CT molecular complexity index is 1090. The van der Waals surface area contributed by atoms with Crippen molar-refractivity contribution in [3.63, 3.8) is 0 Å². The molecule has 0 amide bonds. The van der Waals surface area contributed by atoms with Crippen LogP contribution in [0.4, 0.5) is 11.4 Å². The molecular weight excluding hydrogens is 374 g/mol. The van der Waals surface area contributed by atoms with Crippen LogP contribution in [0.15, 0.2) is 79.1 Å². The summed E-state index contributed by atoms with van der Waals surface area (Å²) >= 11 is 0. The van der Waals surface area contributed by atoms with Gasteiger partial charge in [0.25, 0.3) is 0 Å². The number of aromatic nitrogens is 4. The Labute approximate surface area is 175 Å². The van der Waals surface area contributed by atoms with Gasteiger partial charge < -0.3 is 10.4 Å². The number of hydrogen-bond acceptors (Lipinski definition) is 5. The molecule has 4 rings (SSSR count). The molecule has 0 unspecified atom stereocenters. The predicted octanol–water partition coefficient (Wildman–Crippen LogP) is 4.50. The quantitative estimate of drug-likeness (QED) is 0.458. The van der Waals surface area contributed by atoms with Crippen LogP contribution in [-0.4, -0.2) is 31.7 Å². The van der Waals surface area contributed by atoms with Gasteiger partial charge in [0.05, 0.1) is 23.3 Å². The summed E-state index contributed by atoms with van der Waals surface area (Å²) < 4.78 is 1.75. The number of aliphatic hydroxyl groups excluding tert-OH is 1. The van der Waals surface area contributed by atoms with Gasteiger partial charge in [-0.3, -0.25) is 4.98 Å². The van der Waals surface area contributed by atoms with Crippen molar-refractivity contribution in [1.29, 1.82) is 0 Å². The molecule has 2 heterocycles. The van der Waals surface area contributed by atoms with E-state index in [-0.39, 0.29) is 6.61 Å². The second kappa shape index (κ2) is 9.62. The summed E-state index contributed by atoms with van der Waals surface area (Å²) in [7, 11) is 0. The van der Waals surface area contributed by atoms with Gasteiger partial charge in [0, 0.05) is 24.2 Å². The number of aliphatic hydroxyl groups is 1. The molecule has 30 heavy (non-hydrogen) atoms. The van der Waals surface area contributed by atoms with E-state index in [0.29, 0.717) is 6.42 Å². The third-order valence-corrected chi connectivity index (χ3v) is 4.60. The van der Waals surface area contributed by atoms with Crippen LogP contribution in [0.5, 0.6) is 0 Å². The molecule has 0 spiro atoms. The van der Waals surface area contributed by atoms with Crippen molar-refractivity contribution in [2.24, 2.45) is 0 Å². The second-order valence-corrected chi connectivity index (χ2v) is 6.86. The second-order valence-electron chi connectivity index (χ2n) is 6.86. The van der Waals surface area contributed by atoms with Crippen molar-refractivity contribution >= 4 is 23.5 Å². The van der Waals surface area contributed by atoms with Gasteiger partial charge in [-0.15, -0.1) is 5.10 Å². The molecular formula is C24H23N5O. The standard InChI is InChI=1S/C24H23N5O/c30-17-3-5-23-18-29(28-27-23)24-14-12-22(13-15-24)26-21-10-7-19(8-11-21)6-9-20-4-1-2-16-25-20/h1-2,4,6-16,18,26,30H,3,5,17H2/b9-6+. The van der Waals surface area contributed by atoms with Crippen molar-refractivity contribution in [3.05, 3.63) is 96.1 Å². The SMILES string of the molecule is OCCCc1cn(-c2ccc(Nc3ccc(/C=C/c4ccccn4)cc3)cc2)nn1.